The van der Waals surface area contributed by atoms with E-state index in [1.807, 2.05) is 42.3 Å². The molecule has 5 nitrogen and oxygen atoms in total. The number of aromatic nitrogens is 3. The minimum atomic E-state index is 0.554. The van der Waals surface area contributed by atoms with Crippen molar-refractivity contribution < 1.29 is 0 Å². The van der Waals surface area contributed by atoms with Gasteiger partial charge in [-0.2, -0.15) is 10.1 Å². The zero-order chi connectivity index (χ0) is 16.9. The number of anilines is 4. The van der Waals surface area contributed by atoms with Gasteiger partial charge in [0.05, 0.1) is 6.20 Å². The van der Waals surface area contributed by atoms with Gasteiger partial charge in [-0.05, 0) is 36.6 Å². The summed E-state index contributed by atoms with van der Waals surface area (Å²) in [6.07, 6.45) is 2.60. The number of rotatable bonds is 5. The number of nitrogens with zero attached hydrogens (tertiary/aromatic N) is 4. The molecule has 0 saturated heterocycles. The van der Waals surface area contributed by atoms with E-state index in [1.165, 1.54) is 11.1 Å². The predicted octanol–water partition coefficient (Wildman–Crippen LogP) is 4.25. The maximum absolute atomic E-state index is 4.60. The summed E-state index contributed by atoms with van der Waals surface area (Å²) in [6, 6.07) is 16.3. The molecule has 0 aliphatic rings. The van der Waals surface area contributed by atoms with Crippen LogP contribution in [0.2, 0.25) is 0 Å². The van der Waals surface area contributed by atoms with Crippen molar-refractivity contribution in [2.75, 3.05) is 17.3 Å². The van der Waals surface area contributed by atoms with Gasteiger partial charge in [-0.25, -0.2) is 0 Å². The van der Waals surface area contributed by atoms with Crippen LogP contribution in [-0.2, 0) is 6.42 Å². The molecule has 122 valence electrons. The molecule has 3 rings (SSSR count). The third-order valence-corrected chi connectivity index (χ3v) is 3.98. The highest BCUT2D eigenvalue weighted by Gasteiger charge is 2.10. The summed E-state index contributed by atoms with van der Waals surface area (Å²) in [5, 5.41) is 11.6. The summed E-state index contributed by atoms with van der Waals surface area (Å²) in [5.41, 5.74) is 4.55. The maximum Gasteiger partial charge on any atom is 0.251 e. The van der Waals surface area contributed by atoms with Crippen molar-refractivity contribution >= 4 is 23.1 Å². The van der Waals surface area contributed by atoms with Crippen LogP contribution in [-0.4, -0.2) is 22.2 Å². The van der Waals surface area contributed by atoms with Gasteiger partial charge in [0.1, 0.15) is 0 Å². The van der Waals surface area contributed by atoms with E-state index in [9.17, 15) is 0 Å². The van der Waals surface area contributed by atoms with Crippen LogP contribution in [0.25, 0.3) is 0 Å². The van der Waals surface area contributed by atoms with Gasteiger partial charge in [0.2, 0.25) is 0 Å². The van der Waals surface area contributed by atoms with Crippen LogP contribution in [0.1, 0.15) is 18.1 Å². The van der Waals surface area contributed by atoms with Crippen molar-refractivity contribution in [3.05, 3.63) is 65.9 Å². The fraction of sp³-hybridized carbons (Fsp3) is 0.211. The Morgan fingerprint density at radius 1 is 1.04 bits per heavy atom. The molecule has 0 aliphatic carbocycles. The van der Waals surface area contributed by atoms with Crippen LogP contribution < -0.4 is 10.2 Å². The quantitative estimate of drug-likeness (QED) is 0.762. The zero-order valence-corrected chi connectivity index (χ0v) is 14.2. The second-order valence-electron chi connectivity index (χ2n) is 5.62. The third kappa shape index (κ3) is 3.35. The average Bonchev–Trinajstić information content (AvgIpc) is 2.64. The molecule has 0 spiro atoms. The lowest BCUT2D eigenvalue weighted by Crippen LogP contribution is -2.14. The van der Waals surface area contributed by atoms with Crippen LogP contribution in [0.15, 0.2) is 54.7 Å². The van der Waals surface area contributed by atoms with E-state index in [1.54, 1.807) is 6.20 Å². The molecule has 2 aromatic carbocycles. The maximum atomic E-state index is 4.60. The molecule has 0 radical (unpaired) electrons. The van der Waals surface area contributed by atoms with Crippen LogP contribution in [0.5, 0.6) is 0 Å². The van der Waals surface area contributed by atoms with Crippen LogP contribution in [0, 0.1) is 6.92 Å². The fourth-order valence-electron chi connectivity index (χ4n) is 2.59. The van der Waals surface area contributed by atoms with Gasteiger partial charge in [0.25, 0.3) is 5.95 Å². The van der Waals surface area contributed by atoms with Gasteiger partial charge in [0.15, 0.2) is 5.82 Å². The first kappa shape index (κ1) is 15.9. The summed E-state index contributed by atoms with van der Waals surface area (Å²) in [4.78, 5) is 6.52. The van der Waals surface area contributed by atoms with Crippen molar-refractivity contribution in [3.8, 4) is 0 Å². The van der Waals surface area contributed by atoms with Gasteiger partial charge in [-0.15, -0.1) is 5.10 Å². The first-order chi connectivity index (χ1) is 11.7. The Morgan fingerprint density at radius 3 is 2.58 bits per heavy atom. The molecule has 0 aliphatic heterocycles. The van der Waals surface area contributed by atoms with Crippen molar-refractivity contribution in [2.45, 2.75) is 20.3 Å². The Balaban J connectivity index is 1.89. The Hall–Kier alpha value is -2.95. The molecule has 0 amide bonds. The molecule has 24 heavy (non-hydrogen) atoms. The third-order valence-electron chi connectivity index (χ3n) is 3.98. The summed E-state index contributed by atoms with van der Waals surface area (Å²) in [6.45, 7) is 4.24. The van der Waals surface area contributed by atoms with Gasteiger partial charge >= 0.3 is 0 Å². The molecular weight excluding hydrogens is 298 g/mol. The zero-order valence-electron chi connectivity index (χ0n) is 14.2. The van der Waals surface area contributed by atoms with Crippen LogP contribution in [0.4, 0.5) is 23.1 Å². The molecule has 3 aromatic rings. The second-order valence-corrected chi connectivity index (χ2v) is 5.62. The topological polar surface area (TPSA) is 53.9 Å². The van der Waals surface area contributed by atoms with Crippen LogP contribution >= 0.6 is 0 Å². The van der Waals surface area contributed by atoms with E-state index in [4.69, 9.17) is 0 Å². The monoisotopic (exact) mass is 319 g/mol. The van der Waals surface area contributed by atoms with Gasteiger partial charge in [-0.1, -0.05) is 43.3 Å². The lowest BCUT2D eigenvalue weighted by atomic mass is 10.1. The first-order valence-electron chi connectivity index (χ1n) is 8.03. The minimum absolute atomic E-state index is 0.554. The second kappa shape index (κ2) is 7.08. The van der Waals surface area contributed by atoms with Gasteiger partial charge in [0, 0.05) is 18.4 Å². The largest absolute Gasteiger partial charge is 0.338 e. The SMILES string of the molecule is CCc1cccc(C)c1Nc1cnnc(N(C)c2ccccc2)n1. The summed E-state index contributed by atoms with van der Waals surface area (Å²) in [7, 11) is 1.93. The standard InChI is InChI=1S/C19H21N5/c1-4-15-10-8-9-14(2)18(15)21-17-13-20-23-19(22-17)24(3)16-11-6-5-7-12-16/h5-13H,4H2,1-3H3,(H,21,22,23). The highest BCUT2D eigenvalue weighted by molar-refractivity contribution is 5.65. The normalized spacial score (nSPS) is 10.5. The number of aryl methyl sites for hydroxylation is 2. The Morgan fingerprint density at radius 2 is 1.83 bits per heavy atom. The molecule has 0 atom stereocenters. The van der Waals surface area contributed by atoms with Crippen LogP contribution in [0.3, 0.4) is 0 Å². The lowest BCUT2D eigenvalue weighted by molar-refractivity contribution is 0.931. The van der Waals surface area contributed by atoms with E-state index < -0.39 is 0 Å². The van der Waals surface area contributed by atoms with Gasteiger partial charge in [-0.3, -0.25) is 0 Å². The van der Waals surface area contributed by atoms with Crippen molar-refractivity contribution in [2.24, 2.45) is 0 Å². The van der Waals surface area contributed by atoms with Crippen molar-refractivity contribution in [3.63, 3.8) is 0 Å². The fourth-order valence-corrected chi connectivity index (χ4v) is 2.59. The summed E-state index contributed by atoms with van der Waals surface area (Å²) >= 11 is 0. The van der Waals surface area contributed by atoms with Crippen molar-refractivity contribution in [1.29, 1.82) is 0 Å². The lowest BCUT2D eigenvalue weighted by Gasteiger charge is -2.18. The van der Waals surface area contributed by atoms with E-state index in [2.05, 4.69) is 52.5 Å². The Bertz CT molecular complexity index is 817. The molecule has 5 heteroatoms. The molecule has 1 heterocycles. The molecular formula is C19H21N5. The minimum Gasteiger partial charge on any atom is -0.338 e. The smallest absolute Gasteiger partial charge is 0.251 e. The number of hydrogen-bond acceptors (Lipinski definition) is 5. The molecule has 0 saturated carbocycles. The summed E-state index contributed by atoms with van der Waals surface area (Å²) in [5.74, 6) is 1.24. The number of para-hydroxylation sites is 2. The van der Waals surface area contributed by atoms with Gasteiger partial charge < -0.3 is 10.2 Å². The van der Waals surface area contributed by atoms with E-state index in [0.29, 0.717) is 11.8 Å². The van der Waals surface area contributed by atoms with E-state index in [-0.39, 0.29) is 0 Å². The van der Waals surface area contributed by atoms with E-state index in [0.717, 1.165) is 17.8 Å². The highest BCUT2D eigenvalue weighted by Crippen LogP contribution is 2.25. The highest BCUT2D eigenvalue weighted by atomic mass is 15.3. The average molecular weight is 319 g/mol. The number of nitrogens with one attached hydrogen (secondary N) is 1. The number of benzene rings is 2. The molecule has 1 N–H and O–H groups in total. The molecule has 1 aromatic heterocycles. The molecule has 0 unspecified atom stereocenters. The molecule has 0 fully saturated rings. The van der Waals surface area contributed by atoms with E-state index >= 15 is 0 Å². The van der Waals surface area contributed by atoms with Crippen molar-refractivity contribution in [1.82, 2.24) is 15.2 Å². The Kier molecular flexibility index (Phi) is 4.70. The first-order valence-corrected chi connectivity index (χ1v) is 8.03. The molecule has 0 bridgehead atoms. The summed E-state index contributed by atoms with van der Waals surface area (Å²) < 4.78 is 0. The Labute approximate surface area is 142 Å². The predicted molar refractivity (Wildman–Crippen MR) is 98.2 cm³/mol. The number of hydrogen-bond donors (Lipinski definition) is 1.